The quantitative estimate of drug-likeness (QED) is 0.439. The van der Waals surface area contributed by atoms with Crippen molar-refractivity contribution in [3.8, 4) is 22.9 Å². The summed E-state index contributed by atoms with van der Waals surface area (Å²) >= 11 is 1.46. The summed E-state index contributed by atoms with van der Waals surface area (Å²) in [4.78, 5) is 0. The van der Waals surface area contributed by atoms with Gasteiger partial charge < -0.3 is 9.15 Å². The number of rotatable bonds is 6. The number of tetrazole rings is 1. The van der Waals surface area contributed by atoms with Gasteiger partial charge in [-0.15, -0.1) is 15.3 Å². The first-order valence-corrected chi connectivity index (χ1v) is 9.93. The highest BCUT2D eigenvalue weighted by Crippen LogP contribution is 2.34. The Hall–Kier alpha value is -3.20. The standard InChI is InChI=1S/C20H20N6O2S/c1-12-9-13(2)11-16(10-12)26-20(23-24-25-26)29-14(3)18-21-22-19(28-18)15-5-7-17(27-4)8-6-15/h5-11,14H,1-4H3/t14-/m0/s1. The highest BCUT2D eigenvalue weighted by molar-refractivity contribution is 7.99. The molecule has 0 amide bonds. The molecule has 4 aromatic rings. The molecule has 2 heterocycles. The second-order valence-corrected chi connectivity index (χ2v) is 7.96. The minimum atomic E-state index is -0.120. The molecule has 0 radical (unpaired) electrons. The van der Waals surface area contributed by atoms with Crippen LogP contribution in [0.2, 0.25) is 0 Å². The van der Waals surface area contributed by atoms with E-state index in [0.717, 1.165) is 28.1 Å². The summed E-state index contributed by atoms with van der Waals surface area (Å²) in [5, 5.41) is 21.0. The van der Waals surface area contributed by atoms with Crippen molar-refractivity contribution in [3.05, 3.63) is 59.5 Å². The monoisotopic (exact) mass is 408 g/mol. The Morgan fingerprint density at radius 1 is 1.00 bits per heavy atom. The van der Waals surface area contributed by atoms with Crippen molar-refractivity contribution >= 4 is 11.8 Å². The Morgan fingerprint density at radius 2 is 1.72 bits per heavy atom. The molecule has 4 rings (SSSR count). The first-order valence-electron chi connectivity index (χ1n) is 9.05. The minimum absolute atomic E-state index is 0.120. The number of hydrogen-bond acceptors (Lipinski definition) is 8. The van der Waals surface area contributed by atoms with E-state index in [1.165, 1.54) is 11.8 Å². The summed E-state index contributed by atoms with van der Waals surface area (Å²) in [6.07, 6.45) is 0. The largest absolute Gasteiger partial charge is 0.497 e. The van der Waals surface area contributed by atoms with E-state index >= 15 is 0 Å². The lowest BCUT2D eigenvalue weighted by molar-refractivity contribution is 0.415. The highest BCUT2D eigenvalue weighted by atomic mass is 32.2. The number of aryl methyl sites for hydroxylation is 2. The lowest BCUT2D eigenvalue weighted by atomic mass is 10.1. The number of aromatic nitrogens is 6. The molecule has 2 aromatic carbocycles. The van der Waals surface area contributed by atoms with Gasteiger partial charge in [-0.3, -0.25) is 0 Å². The van der Waals surface area contributed by atoms with Gasteiger partial charge in [0.15, 0.2) is 0 Å². The van der Waals surface area contributed by atoms with Gasteiger partial charge in [-0.2, -0.15) is 4.68 Å². The second kappa shape index (κ2) is 8.04. The summed E-state index contributed by atoms with van der Waals surface area (Å²) in [5.74, 6) is 1.75. The maximum atomic E-state index is 5.88. The van der Waals surface area contributed by atoms with Gasteiger partial charge in [0.2, 0.25) is 16.9 Å². The van der Waals surface area contributed by atoms with Crippen molar-refractivity contribution in [2.75, 3.05) is 7.11 Å². The molecular formula is C20H20N6O2S. The zero-order valence-corrected chi connectivity index (χ0v) is 17.3. The highest BCUT2D eigenvalue weighted by Gasteiger charge is 2.20. The van der Waals surface area contributed by atoms with Gasteiger partial charge in [0.25, 0.3) is 0 Å². The molecule has 0 aliphatic heterocycles. The molecule has 9 heteroatoms. The zero-order chi connectivity index (χ0) is 20.4. The molecule has 1 atom stereocenters. The molecule has 0 saturated carbocycles. The molecule has 29 heavy (non-hydrogen) atoms. The molecule has 0 fully saturated rings. The molecule has 0 bridgehead atoms. The van der Waals surface area contributed by atoms with Crippen LogP contribution >= 0.6 is 11.8 Å². The van der Waals surface area contributed by atoms with Gasteiger partial charge in [0, 0.05) is 5.56 Å². The molecular weight excluding hydrogens is 388 g/mol. The van der Waals surface area contributed by atoms with Crippen LogP contribution in [-0.2, 0) is 0 Å². The van der Waals surface area contributed by atoms with Crippen molar-refractivity contribution < 1.29 is 9.15 Å². The van der Waals surface area contributed by atoms with Gasteiger partial charge in [-0.25, -0.2) is 0 Å². The fraction of sp³-hybridized carbons (Fsp3) is 0.250. The van der Waals surface area contributed by atoms with E-state index in [2.05, 4.69) is 45.6 Å². The van der Waals surface area contributed by atoms with Crippen LogP contribution in [0.3, 0.4) is 0 Å². The maximum Gasteiger partial charge on any atom is 0.247 e. The minimum Gasteiger partial charge on any atom is -0.497 e. The van der Waals surface area contributed by atoms with Gasteiger partial charge in [-0.1, -0.05) is 17.8 Å². The number of methoxy groups -OCH3 is 1. The second-order valence-electron chi connectivity index (χ2n) is 6.65. The van der Waals surface area contributed by atoms with Crippen LogP contribution in [0.25, 0.3) is 17.1 Å². The molecule has 0 aliphatic rings. The Kier molecular flexibility index (Phi) is 5.30. The van der Waals surface area contributed by atoms with E-state index in [-0.39, 0.29) is 5.25 Å². The molecule has 2 aromatic heterocycles. The number of hydrogen-bond donors (Lipinski definition) is 0. The number of ether oxygens (including phenoxy) is 1. The maximum absolute atomic E-state index is 5.88. The summed E-state index contributed by atoms with van der Waals surface area (Å²) in [7, 11) is 1.63. The Morgan fingerprint density at radius 3 is 2.41 bits per heavy atom. The third-order valence-electron chi connectivity index (χ3n) is 4.30. The Balaban J connectivity index is 1.54. The molecule has 0 unspecified atom stereocenters. The lowest BCUT2D eigenvalue weighted by Crippen LogP contribution is -2.01. The summed E-state index contributed by atoms with van der Waals surface area (Å²) in [6, 6.07) is 13.7. The van der Waals surface area contributed by atoms with Crippen molar-refractivity contribution in [2.45, 2.75) is 31.2 Å². The SMILES string of the molecule is COc1ccc(-c2nnc([C@H](C)Sc3nnnn3-c3cc(C)cc(C)c3)o2)cc1. The molecule has 0 spiro atoms. The van der Waals surface area contributed by atoms with E-state index in [1.807, 2.05) is 43.3 Å². The van der Waals surface area contributed by atoms with Gasteiger partial charge in [0.05, 0.1) is 18.0 Å². The smallest absolute Gasteiger partial charge is 0.247 e. The van der Waals surface area contributed by atoms with Gasteiger partial charge in [-0.05, 0) is 78.7 Å². The molecule has 8 nitrogen and oxygen atoms in total. The van der Waals surface area contributed by atoms with Crippen molar-refractivity contribution in [1.29, 1.82) is 0 Å². The van der Waals surface area contributed by atoms with Crippen LogP contribution in [-0.4, -0.2) is 37.5 Å². The van der Waals surface area contributed by atoms with Crippen molar-refractivity contribution in [2.24, 2.45) is 0 Å². The number of benzene rings is 2. The van der Waals surface area contributed by atoms with Gasteiger partial charge >= 0.3 is 0 Å². The Bertz CT molecular complexity index is 1100. The average molecular weight is 408 g/mol. The predicted molar refractivity (Wildman–Crippen MR) is 109 cm³/mol. The van der Waals surface area contributed by atoms with E-state index in [0.29, 0.717) is 16.9 Å². The predicted octanol–water partition coefficient (Wildman–Crippen LogP) is 4.19. The summed E-state index contributed by atoms with van der Waals surface area (Å²) in [5.41, 5.74) is 4.06. The summed E-state index contributed by atoms with van der Waals surface area (Å²) < 4.78 is 12.8. The lowest BCUT2D eigenvalue weighted by Gasteiger charge is -2.08. The topological polar surface area (TPSA) is 91.8 Å². The Labute approximate surface area is 172 Å². The molecule has 0 aliphatic carbocycles. The van der Waals surface area contributed by atoms with E-state index in [9.17, 15) is 0 Å². The fourth-order valence-electron chi connectivity index (χ4n) is 2.95. The van der Waals surface area contributed by atoms with Crippen molar-refractivity contribution in [1.82, 2.24) is 30.4 Å². The average Bonchev–Trinajstić information content (AvgIpc) is 3.37. The zero-order valence-electron chi connectivity index (χ0n) is 16.5. The van der Waals surface area contributed by atoms with E-state index in [4.69, 9.17) is 9.15 Å². The van der Waals surface area contributed by atoms with Crippen LogP contribution in [0.1, 0.15) is 29.2 Å². The molecule has 148 valence electrons. The number of nitrogens with zero attached hydrogens (tertiary/aromatic N) is 6. The van der Waals surface area contributed by atoms with Crippen LogP contribution in [0, 0.1) is 13.8 Å². The molecule has 0 saturated heterocycles. The van der Waals surface area contributed by atoms with E-state index < -0.39 is 0 Å². The van der Waals surface area contributed by atoms with E-state index in [1.54, 1.807) is 11.8 Å². The van der Waals surface area contributed by atoms with Crippen LogP contribution in [0.4, 0.5) is 0 Å². The van der Waals surface area contributed by atoms with Crippen LogP contribution in [0.15, 0.2) is 52.0 Å². The third-order valence-corrected chi connectivity index (χ3v) is 5.32. The summed E-state index contributed by atoms with van der Waals surface area (Å²) in [6.45, 7) is 6.08. The number of thioether (sulfide) groups is 1. The van der Waals surface area contributed by atoms with Crippen molar-refractivity contribution in [3.63, 3.8) is 0 Å². The van der Waals surface area contributed by atoms with Crippen LogP contribution < -0.4 is 4.74 Å². The third kappa shape index (κ3) is 4.14. The van der Waals surface area contributed by atoms with Crippen LogP contribution in [0.5, 0.6) is 5.75 Å². The fourth-order valence-corrected chi connectivity index (χ4v) is 3.78. The first kappa shape index (κ1) is 19.1. The normalized spacial score (nSPS) is 12.1. The molecule has 0 N–H and O–H groups in total. The first-order chi connectivity index (χ1) is 14.0. The van der Waals surface area contributed by atoms with Gasteiger partial charge in [0.1, 0.15) is 5.75 Å².